The highest BCUT2D eigenvalue weighted by Gasteiger charge is 2.45. The minimum atomic E-state index is -0.446. The number of aromatic nitrogens is 2. The highest BCUT2D eigenvalue weighted by Crippen LogP contribution is 2.41. The van der Waals surface area contributed by atoms with Crippen molar-refractivity contribution in [1.82, 2.24) is 14.5 Å². The number of ether oxygens (including phenoxy) is 1. The molecule has 2 aliphatic heterocycles. The Morgan fingerprint density at radius 2 is 2.19 bits per heavy atom. The third-order valence-electron chi connectivity index (χ3n) is 4.29. The fraction of sp³-hybridized carbons (Fsp3) is 0.733. The van der Waals surface area contributed by atoms with Crippen LogP contribution in [-0.4, -0.2) is 39.2 Å². The third-order valence-corrected chi connectivity index (χ3v) is 4.85. The van der Waals surface area contributed by atoms with Crippen LogP contribution in [0.25, 0.3) is 0 Å². The van der Waals surface area contributed by atoms with E-state index < -0.39 is 5.60 Å². The molecule has 116 valence electrons. The van der Waals surface area contributed by atoms with Crippen molar-refractivity contribution in [3.05, 3.63) is 16.6 Å². The summed E-state index contributed by atoms with van der Waals surface area (Å²) in [6, 6.07) is 0. The second kappa shape index (κ2) is 5.00. The number of carbonyl (C=O) groups is 1. The lowest BCUT2D eigenvalue weighted by Crippen LogP contribution is -2.51. The summed E-state index contributed by atoms with van der Waals surface area (Å²) < 4.78 is 8.83. The number of carbonyl (C=O) groups excluding carboxylic acids is 1. The van der Waals surface area contributed by atoms with Crippen LogP contribution in [0.2, 0.25) is 0 Å². The van der Waals surface area contributed by atoms with Crippen molar-refractivity contribution >= 4 is 22.0 Å². The summed E-state index contributed by atoms with van der Waals surface area (Å²) in [5.74, 6) is 1.12. The molecule has 1 saturated heterocycles. The first-order chi connectivity index (χ1) is 9.81. The van der Waals surface area contributed by atoms with Crippen LogP contribution in [0.15, 0.2) is 10.8 Å². The van der Waals surface area contributed by atoms with Crippen LogP contribution in [0.4, 0.5) is 4.79 Å². The van der Waals surface area contributed by atoms with Gasteiger partial charge in [-0.25, -0.2) is 9.78 Å². The fourth-order valence-corrected chi connectivity index (χ4v) is 4.16. The van der Waals surface area contributed by atoms with Gasteiger partial charge in [0, 0.05) is 19.5 Å². The van der Waals surface area contributed by atoms with Crippen LogP contribution in [-0.2, 0) is 16.7 Å². The summed E-state index contributed by atoms with van der Waals surface area (Å²) in [5, 5.41) is 0. The molecular formula is C15H22BrN3O2. The van der Waals surface area contributed by atoms with Crippen LogP contribution in [0.3, 0.4) is 0 Å². The third kappa shape index (κ3) is 2.70. The Kier molecular flexibility index (Phi) is 3.55. The Bertz CT molecular complexity index is 564. The zero-order chi connectivity index (χ0) is 15.3. The van der Waals surface area contributed by atoms with E-state index in [1.54, 1.807) is 0 Å². The minimum Gasteiger partial charge on any atom is -0.444 e. The van der Waals surface area contributed by atoms with Crippen LogP contribution in [0, 0.1) is 0 Å². The smallest absolute Gasteiger partial charge is 0.410 e. The maximum absolute atomic E-state index is 12.4. The first kappa shape index (κ1) is 14.9. The molecule has 0 aliphatic carbocycles. The van der Waals surface area contributed by atoms with E-state index in [0.717, 1.165) is 42.7 Å². The highest BCUT2D eigenvalue weighted by molar-refractivity contribution is 9.10. The summed E-state index contributed by atoms with van der Waals surface area (Å²) in [4.78, 5) is 18.7. The van der Waals surface area contributed by atoms with E-state index in [9.17, 15) is 4.79 Å². The van der Waals surface area contributed by atoms with Gasteiger partial charge in [-0.05, 0) is 56.0 Å². The second-order valence-corrected chi connectivity index (χ2v) is 7.87. The summed E-state index contributed by atoms with van der Waals surface area (Å²) in [5.41, 5.74) is -0.460. The molecule has 6 heteroatoms. The molecule has 1 spiro atoms. The lowest BCUT2D eigenvalue weighted by atomic mass is 9.87. The molecule has 0 aromatic carbocycles. The van der Waals surface area contributed by atoms with Crippen molar-refractivity contribution in [2.75, 3.05) is 13.1 Å². The van der Waals surface area contributed by atoms with Gasteiger partial charge in [-0.2, -0.15) is 0 Å². The first-order valence-corrected chi connectivity index (χ1v) is 8.31. The number of hydrogen-bond donors (Lipinski definition) is 0. The quantitative estimate of drug-likeness (QED) is 0.717. The average Bonchev–Trinajstić information content (AvgIpc) is 2.91. The molecular weight excluding hydrogens is 334 g/mol. The predicted octanol–water partition coefficient (Wildman–Crippen LogP) is 3.32. The maximum Gasteiger partial charge on any atom is 0.410 e. The molecule has 1 aromatic heterocycles. The number of piperidine rings is 1. The molecule has 0 bridgehead atoms. The molecule has 3 heterocycles. The molecule has 0 N–H and O–H groups in total. The van der Waals surface area contributed by atoms with Crippen LogP contribution < -0.4 is 0 Å². The molecule has 3 rings (SSSR count). The zero-order valence-electron chi connectivity index (χ0n) is 12.9. The van der Waals surface area contributed by atoms with Gasteiger partial charge in [0.1, 0.15) is 16.0 Å². The lowest BCUT2D eigenvalue weighted by Gasteiger charge is -2.42. The Morgan fingerprint density at radius 1 is 1.43 bits per heavy atom. The van der Waals surface area contributed by atoms with Gasteiger partial charge in [0.25, 0.3) is 0 Å². The molecule has 5 nitrogen and oxygen atoms in total. The predicted molar refractivity (Wildman–Crippen MR) is 83.3 cm³/mol. The molecule has 1 unspecified atom stereocenters. The minimum absolute atomic E-state index is 0.0141. The summed E-state index contributed by atoms with van der Waals surface area (Å²) >= 11 is 3.60. The Morgan fingerprint density at radius 3 is 2.90 bits per heavy atom. The van der Waals surface area contributed by atoms with Gasteiger partial charge in [-0.3, -0.25) is 0 Å². The molecule has 1 atom stereocenters. The topological polar surface area (TPSA) is 47.4 Å². The highest BCUT2D eigenvalue weighted by atomic mass is 79.9. The molecule has 2 aliphatic rings. The number of hydrogen-bond acceptors (Lipinski definition) is 3. The zero-order valence-corrected chi connectivity index (χ0v) is 14.4. The largest absolute Gasteiger partial charge is 0.444 e. The first-order valence-electron chi connectivity index (χ1n) is 7.51. The van der Waals surface area contributed by atoms with Crippen molar-refractivity contribution < 1.29 is 9.53 Å². The molecule has 0 radical (unpaired) electrons. The maximum atomic E-state index is 12.4. The monoisotopic (exact) mass is 355 g/mol. The normalized spacial score (nSPS) is 25.2. The van der Waals surface area contributed by atoms with Gasteiger partial charge in [-0.15, -0.1) is 0 Å². The van der Waals surface area contributed by atoms with Gasteiger partial charge >= 0.3 is 6.09 Å². The Balaban J connectivity index is 1.81. The van der Waals surface area contributed by atoms with Crippen LogP contribution in [0.1, 0.15) is 45.9 Å². The van der Waals surface area contributed by atoms with E-state index in [2.05, 4.69) is 25.5 Å². The standard InChI is InChI=1S/C15H22BrN3O2/c1-14(2,3)21-13(20)18-8-4-6-15(10-18)7-5-12-17-9-11(16)19(12)15/h9H,4-8,10H2,1-3H3. The van der Waals surface area contributed by atoms with Crippen molar-refractivity contribution in [3.8, 4) is 0 Å². The van der Waals surface area contributed by atoms with E-state index in [-0.39, 0.29) is 11.6 Å². The van der Waals surface area contributed by atoms with E-state index in [0.29, 0.717) is 6.54 Å². The molecule has 0 saturated carbocycles. The summed E-state index contributed by atoms with van der Waals surface area (Å²) in [7, 11) is 0. The van der Waals surface area contributed by atoms with Crippen molar-refractivity contribution in [1.29, 1.82) is 0 Å². The van der Waals surface area contributed by atoms with E-state index >= 15 is 0 Å². The number of nitrogens with zero attached hydrogens (tertiary/aromatic N) is 3. The number of halogens is 1. The van der Waals surface area contributed by atoms with E-state index in [4.69, 9.17) is 4.74 Å². The van der Waals surface area contributed by atoms with Gasteiger partial charge in [0.05, 0.1) is 11.7 Å². The SMILES string of the molecule is CC(C)(C)OC(=O)N1CCCC2(CCc3ncc(Br)n32)C1. The van der Waals surface area contributed by atoms with Crippen molar-refractivity contribution in [3.63, 3.8) is 0 Å². The van der Waals surface area contributed by atoms with Gasteiger partial charge in [-0.1, -0.05) is 0 Å². The van der Waals surface area contributed by atoms with Gasteiger partial charge < -0.3 is 14.2 Å². The fourth-order valence-electron chi connectivity index (χ4n) is 3.48. The van der Waals surface area contributed by atoms with Crippen LogP contribution >= 0.6 is 15.9 Å². The second-order valence-electron chi connectivity index (χ2n) is 7.06. The number of fused-ring (bicyclic) bond motifs is 2. The van der Waals surface area contributed by atoms with Crippen molar-refractivity contribution in [2.24, 2.45) is 0 Å². The molecule has 1 amide bonds. The number of amides is 1. The molecule has 21 heavy (non-hydrogen) atoms. The number of likely N-dealkylation sites (tertiary alicyclic amines) is 1. The van der Waals surface area contributed by atoms with Crippen LogP contribution in [0.5, 0.6) is 0 Å². The number of rotatable bonds is 0. The van der Waals surface area contributed by atoms with Crippen molar-refractivity contribution in [2.45, 2.75) is 57.6 Å². The van der Waals surface area contributed by atoms with Gasteiger partial charge in [0.15, 0.2) is 0 Å². The average molecular weight is 356 g/mol. The summed E-state index contributed by atoms with van der Waals surface area (Å²) in [6.45, 7) is 7.21. The summed E-state index contributed by atoms with van der Waals surface area (Å²) in [6.07, 6.45) is 5.79. The Hall–Kier alpha value is -1.04. The molecule has 1 aromatic rings. The van der Waals surface area contributed by atoms with E-state index in [1.165, 1.54) is 0 Å². The van der Waals surface area contributed by atoms with E-state index in [1.807, 2.05) is 31.9 Å². The Labute approximate surface area is 133 Å². The van der Waals surface area contributed by atoms with Gasteiger partial charge in [0.2, 0.25) is 0 Å². The lowest BCUT2D eigenvalue weighted by molar-refractivity contribution is 0.00677. The number of imidazole rings is 1. The molecule has 1 fully saturated rings. The number of aryl methyl sites for hydroxylation is 1.